The predicted molar refractivity (Wildman–Crippen MR) is 103 cm³/mol. The van der Waals surface area contributed by atoms with Gasteiger partial charge in [-0.15, -0.1) is 0 Å². The lowest BCUT2D eigenvalue weighted by atomic mass is 10.0. The first-order valence-corrected chi connectivity index (χ1v) is 9.16. The number of amides is 2. The molecule has 0 bridgehead atoms. The molecule has 4 rings (SSSR count). The van der Waals surface area contributed by atoms with Crippen molar-refractivity contribution >= 4 is 17.6 Å². The van der Waals surface area contributed by atoms with Gasteiger partial charge in [-0.25, -0.2) is 4.68 Å². The topological polar surface area (TPSA) is 113 Å². The summed E-state index contributed by atoms with van der Waals surface area (Å²) in [6.07, 6.45) is 1.93. The first-order chi connectivity index (χ1) is 13.4. The van der Waals surface area contributed by atoms with Gasteiger partial charge >= 0.3 is 0 Å². The molecule has 0 saturated carbocycles. The fourth-order valence-electron chi connectivity index (χ4n) is 3.59. The van der Waals surface area contributed by atoms with Gasteiger partial charge < -0.3 is 21.1 Å². The monoisotopic (exact) mass is 379 g/mol. The highest BCUT2D eigenvalue weighted by Crippen LogP contribution is 2.28. The van der Waals surface area contributed by atoms with Crippen molar-refractivity contribution in [2.24, 2.45) is 5.73 Å². The van der Waals surface area contributed by atoms with Crippen molar-refractivity contribution in [1.82, 2.24) is 14.7 Å². The maximum Gasteiger partial charge on any atom is 0.269 e. The van der Waals surface area contributed by atoms with Crippen LogP contribution in [0.25, 0.3) is 5.69 Å². The Hall–Kier alpha value is -3.31. The third kappa shape index (κ3) is 3.00. The van der Waals surface area contributed by atoms with Gasteiger partial charge in [0.1, 0.15) is 5.82 Å². The van der Waals surface area contributed by atoms with Crippen LogP contribution in [0.4, 0.5) is 5.82 Å². The number of carbonyl (C=O) groups excluding carboxylic acids is 2. The number of benzene rings is 1. The first kappa shape index (κ1) is 18.1. The number of hydrogen-bond acceptors (Lipinski definition) is 5. The van der Waals surface area contributed by atoms with Crippen molar-refractivity contribution in [1.29, 1.82) is 0 Å². The zero-order valence-electron chi connectivity index (χ0n) is 15.5. The Morgan fingerprint density at radius 1 is 1.43 bits per heavy atom. The summed E-state index contributed by atoms with van der Waals surface area (Å²) < 4.78 is 1.66. The highest BCUT2D eigenvalue weighted by Gasteiger charge is 2.42. The van der Waals surface area contributed by atoms with E-state index in [1.54, 1.807) is 23.9 Å². The molecule has 3 heterocycles. The molecule has 8 heteroatoms. The predicted octanol–water partition coefficient (Wildman–Crippen LogP) is 0.274. The molecule has 0 spiro atoms. The minimum atomic E-state index is -1.64. The third-order valence-corrected chi connectivity index (χ3v) is 5.13. The molecule has 2 aromatic rings. The van der Waals surface area contributed by atoms with Gasteiger partial charge in [-0.3, -0.25) is 9.59 Å². The molecule has 1 saturated heterocycles. The van der Waals surface area contributed by atoms with E-state index in [0.29, 0.717) is 17.8 Å². The molecule has 8 nitrogen and oxygen atoms in total. The SMILES string of the molecule is CN1CC[C@@](O)(C#Cc2cccc(-n3nc(C(N)=O)c4c3NCCC4)c2)C1=O. The van der Waals surface area contributed by atoms with Crippen molar-refractivity contribution in [2.45, 2.75) is 24.9 Å². The number of fused-ring (bicyclic) bond motifs is 1. The van der Waals surface area contributed by atoms with Crippen molar-refractivity contribution in [3.63, 3.8) is 0 Å². The largest absolute Gasteiger partial charge is 0.370 e. The summed E-state index contributed by atoms with van der Waals surface area (Å²) >= 11 is 0. The average molecular weight is 379 g/mol. The zero-order valence-corrected chi connectivity index (χ0v) is 15.5. The van der Waals surface area contributed by atoms with Gasteiger partial charge in [0.25, 0.3) is 11.8 Å². The first-order valence-electron chi connectivity index (χ1n) is 9.16. The van der Waals surface area contributed by atoms with Gasteiger partial charge in [0.15, 0.2) is 5.69 Å². The lowest BCUT2D eigenvalue weighted by Crippen LogP contribution is -2.37. The number of primary amides is 1. The van der Waals surface area contributed by atoms with E-state index < -0.39 is 11.5 Å². The fraction of sp³-hybridized carbons (Fsp3) is 0.350. The van der Waals surface area contributed by atoms with Crippen LogP contribution in [0.2, 0.25) is 0 Å². The molecular weight excluding hydrogens is 358 g/mol. The third-order valence-electron chi connectivity index (χ3n) is 5.13. The number of aliphatic hydroxyl groups is 1. The number of aromatic nitrogens is 2. The second kappa shape index (κ2) is 6.69. The molecule has 144 valence electrons. The lowest BCUT2D eigenvalue weighted by molar-refractivity contribution is -0.137. The van der Waals surface area contributed by atoms with Gasteiger partial charge in [-0.05, 0) is 31.0 Å². The second-order valence-electron chi connectivity index (χ2n) is 7.12. The number of rotatable bonds is 2. The van der Waals surface area contributed by atoms with Crippen molar-refractivity contribution in [3.05, 3.63) is 41.1 Å². The Morgan fingerprint density at radius 3 is 2.96 bits per heavy atom. The maximum absolute atomic E-state index is 12.1. The van der Waals surface area contributed by atoms with Crippen LogP contribution in [0.5, 0.6) is 0 Å². The van der Waals surface area contributed by atoms with Gasteiger partial charge in [-0.2, -0.15) is 5.10 Å². The normalized spacial score (nSPS) is 20.9. The number of nitrogens with one attached hydrogen (secondary N) is 1. The van der Waals surface area contributed by atoms with E-state index in [1.807, 2.05) is 12.1 Å². The van der Waals surface area contributed by atoms with E-state index in [1.165, 1.54) is 4.90 Å². The molecule has 0 aliphatic carbocycles. The molecule has 1 fully saturated rings. The number of nitrogens with two attached hydrogens (primary N) is 1. The van der Waals surface area contributed by atoms with Crippen molar-refractivity contribution < 1.29 is 14.7 Å². The van der Waals surface area contributed by atoms with E-state index in [9.17, 15) is 14.7 Å². The number of likely N-dealkylation sites (tertiary alicyclic amines) is 1. The van der Waals surface area contributed by atoms with Crippen molar-refractivity contribution in [2.75, 3.05) is 25.5 Å². The van der Waals surface area contributed by atoms with Crippen LogP contribution in [0, 0.1) is 11.8 Å². The van der Waals surface area contributed by atoms with Gasteiger partial charge in [0, 0.05) is 37.7 Å². The minimum Gasteiger partial charge on any atom is -0.370 e. The van der Waals surface area contributed by atoms with Crippen molar-refractivity contribution in [3.8, 4) is 17.5 Å². The number of anilines is 1. The highest BCUT2D eigenvalue weighted by atomic mass is 16.3. The van der Waals surface area contributed by atoms with E-state index in [0.717, 1.165) is 30.8 Å². The summed E-state index contributed by atoms with van der Waals surface area (Å²) in [5.41, 5.74) is 6.29. The van der Waals surface area contributed by atoms with Crippen LogP contribution in [0.15, 0.2) is 24.3 Å². The molecule has 1 aromatic carbocycles. The van der Waals surface area contributed by atoms with Gasteiger partial charge in [-0.1, -0.05) is 17.9 Å². The smallest absolute Gasteiger partial charge is 0.269 e. The number of hydrogen-bond donors (Lipinski definition) is 3. The van der Waals surface area contributed by atoms with Crippen LogP contribution >= 0.6 is 0 Å². The molecule has 2 amide bonds. The van der Waals surface area contributed by atoms with Crippen LogP contribution in [0.1, 0.15) is 34.5 Å². The molecule has 2 aliphatic heterocycles. The molecule has 2 aliphatic rings. The fourth-order valence-corrected chi connectivity index (χ4v) is 3.59. The summed E-state index contributed by atoms with van der Waals surface area (Å²) in [4.78, 5) is 25.3. The molecule has 0 unspecified atom stereocenters. The molecular formula is C20H21N5O3. The Labute approximate surface area is 162 Å². The van der Waals surface area contributed by atoms with Crippen LogP contribution in [0.3, 0.4) is 0 Å². The van der Waals surface area contributed by atoms with E-state index in [4.69, 9.17) is 5.73 Å². The molecule has 1 atom stereocenters. The molecule has 4 N–H and O–H groups in total. The van der Waals surface area contributed by atoms with Gasteiger partial charge in [0.2, 0.25) is 5.60 Å². The molecule has 0 radical (unpaired) electrons. The van der Waals surface area contributed by atoms with E-state index in [-0.39, 0.29) is 18.0 Å². The number of nitrogens with zero attached hydrogens (tertiary/aromatic N) is 3. The number of carbonyl (C=O) groups is 2. The summed E-state index contributed by atoms with van der Waals surface area (Å²) in [6.45, 7) is 1.27. The quantitative estimate of drug-likeness (QED) is 0.649. The standard InChI is InChI=1S/C20H21N5O3/c1-24-11-9-20(28,19(24)27)8-7-13-4-2-5-14(12-13)25-18-15(6-3-10-22-18)16(23-25)17(21)26/h2,4-5,12,22,28H,3,6,9-11H2,1H3,(H2,21,26)/t20-/m0/s1. The maximum atomic E-state index is 12.1. The van der Waals surface area contributed by atoms with Crippen LogP contribution in [-0.2, 0) is 11.2 Å². The van der Waals surface area contributed by atoms with E-state index >= 15 is 0 Å². The molecule has 1 aromatic heterocycles. The zero-order chi connectivity index (χ0) is 19.9. The Kier molecular flexibility index (Phi) is 4.32. The highest BCUT2D eigenvalue weighted by molar-refractivity contribution is 5.94. The summed E-state index contributed by atoms with van der Waals surface area (Å²) in [5, 5.41) is 18.1. The average Bonchev–Trinajstić information content (AvgIpc) is 3.21. The minimum absolute atomic E-state index is 0.271. The summed E-state index contributed by atoms with van der Waals surface area (Å²) in [7, 11) is 1.65. The molecule has 28 heavy (non-hydrogen) atoms. The van der Waals surface area contributed by atoms with Gasteiger partial charge in [0.05, 0.1) is 5.69 Å². The Morgan fingerprint density at radius 2 is 2.25 bits per heavy atom. The Balaban J connectivity index is 1.71. The second-order valence-corrected chi connectivity index (χ2v) is 7.12. The Bertz CT molecular complexity index is 1030. The van der Waals surface area contributed by atoms with Crippen LogP contribution in [-0.4, -0.2) is 57.3 Å². The van der Waals surface area contributed by atoms with Crippen LogP contribution < -0.4 is 11.1 Å². The van der Waals surface area contributed by atoms with E-state index in [2.05, 4.69) is 22.3 Å². The number of likely N-dealkylation sites (N-methyl/N-ethyl adjacent to an activating group) is 1. The summed E-state index contributed by atoms with van der Waals surface area (Å²) in [5.74, 6) is 5.43. The summed E-state index contributed by atoms with van der Waals surface area (Å²) in [6, 6.07) is 7.25. The lowest BCUT2D eigenvalue weighted by Gasteiger charge is -2.16.